The van der Waals surface area contributed by atoms with Crippen LogP contribution in [0.3, 0.4) is 0 Å². The van der Waals surface area contributed by atoms with E-state index in [0.29, 0.717) is 12.3 Å². The zero-order valence-corrected chi connectivity index (χ0v) is 11.4. The summed E-state index contributed by atoms with van der Waals surface area (Å²) in [5.41, 5.74) is 0.732. The summed E-state index contributed by atoms with van der Waals surface area (Å²) in [4.78, 5) is 15.5. The number of anilines is 1. The molecule has 0 fully saturated rings. The highest BCUT2D eigenvalue weighted by atomic mass is 32.1. The molecule has 6 nitrogen and oxygen atoms in total. The van der Waals surface area contributed by atoms with Crippen LogP contribution in [0.15, 0.2) is 24.4 Å². The first-order chi connectivity index (χ1) is 9.10. The van der Waals surface area contributed by atoms with Crippen LogP contribution < -0.4 is 10.1 Å². The molecule has 1 aromatic heterocycles. The highest BCUT2D eigenvalue weighted by Gasteiger charge is 2.11. The molecule has 0 aliphatic carbocycles. The molecule has 100 valence electrons. The zero-order chi connectivity index (χ0) is 13.8. The lowest BCUT2D eigenvalue weighted by atomic mass is 10.2. The molecule has 0 unspecified atom stereocenters. The van der Waals surface area contributed by atoms with E-state index in [1.807, 2.05) is 13.1 Å². The molecular formula is C12H13N3O3S. The minimum Gasteiger partial charge on any atom is -0.494 e. The number of nitro benzene ring substituents is 1. The second-order valence-electron chi connectivity index (χ2n) is 3.84. The molecule has 0 saturated carbocycles. The van der Waals surface area contributed by atoms with E-state index >= 15 is 0 Å². The van der Waals surface area contributed by atoms with E-state index in [1.165, 1.54) is 19.2 Å². The van der Waals surface area contributed by atoms with Crippen LogP contribution in [-0.2, 0) is 6.54 Å². The molecule has 0 bridgehead atoms. The van der Waals surface area contributed by atoms with Crippen LogP contribution in [0.25, 0.3) is 0 Å². The standard InChI is InChI=1S/C12H13N3O3S/c1-8-13-6-10(19-8)7-14-11-4-3-9(15(16)17)5-12(11)18-2/h3-6,14H,7H2,1-2H3. The summed E-state index contributed by atoms with van der Waals surface area (Å²) in [6, 6.07) is 4.49. The molecule has 0 aliphatic rings. The number of nitrogens with zero attached hydrogens (tertiary/aromatic N) is 2. The Labute approximate surface area is 114 Å². The van der Waals surface area contributed by atoms with Gasteiger partial charge in [0.1, 0.15) is 5.75 Å². The van der Waals surface area contributed by atoms with E-state index in [1.54, 1.807) is 17.4 Å². The van der Waals surface area contributed by atoms with Gasteiger partial charge in [-0.05, 0) is 13.0 Å². The number of nitrogens with one attached hydrogen (secondary N) is 1. The molecule has 19 heavy (non-hydrogen) atoms. The molecule has 1 heterocycles. The van der Waals surface area contributed by atoms with E-state index < -0.39 is 4.92 Å². The molecule has 0 amide bonds. The van der Waals surface area contributed by atoms with Crippen molar-refractivity contribution in [1.29, 1.82) is 0 Å². The van der Waals surface area contributed by atoms with Gasteiger partial charge in [0, 0.05) is 17.1 Å². The van der Waals surface area contributed by atoms with Gasteiger partial charge in [0.2, 0.25) is 0 Å². The van der Waals surface area contributed by atoms with E-state index in [0.717, 1.165) is 15.6 Å². The molecule has 0 atom stereocenters. The number of ether oxygens (including phenoxy) is 1. The van der Waals surface area contributed by atoms with Gasteiger partial charge in [-0.25, -0.2) is 4.98 Å². The molecule has 0 spiro atoms. The van der Waals surface area contributed by atoms with Crippen LogP contribution in [0.1, 0.15) is 9.88 Å². The second kappa shape index (κ2) is 5.66. The molecule has 2 rings (SSSR count). The Kier molecular flexibility index (Phi) is 3.96. The molecule has 7 heteroatoms. The Balaban J connectivity index is 2.13. The Morgan fingerprint density at radius 2 is 2.32 bits per heavy atom. The average Bonchev–Trinajstić information content (AvgIpc) is 2.81. The molecule has 0 aliphatic heterocycles. The number of aryl methyl sites for hydroxylation is 1. The predicted molar refractivity (Wildman–Crippen MR) is 73.8 cm³/mol. The monoisotopic (exact) mass is 279 g/mol. The number of hydrogen-bond acceptors (Lipinski definition) is 6. The van der Waals surface area contributed by atoms with Gasteiger partial charge in [0.25, 0.3) is 5.69 Å². The number of thiazole rings is 1. The van der Waals surface area contributed by atoms with E-state index in [4.69, 9.17) is 4.74 Å². The number of rotatable bonds is 5. The predicted octanol–water partition coefficient (Wildman–Crippen LogP) is 2.98. The minimum absolute atomic E-state index is 0.0102. The van der Waals surface area contributed by atoms with Crippen molar-refractivity contribution in [3.8, 4) is 5.75 Å². The molecular weight excluding hydrogens is 266 g/mol. The van der Waals surface area contributed by atoms with Crippen LogP contribution in [0.5, 0.6) is 5.75 Å². The van der Waals surface area contributed by atoms with Gasteiger partial charge in [0.15, 0.2) is 0 Å². The third-order valence-electron chi connectivity index (χ3n) is 2.52. The highest BCUT2D eigenvalue weighted by Crippen LogP contribution is 2.29. The number of benzene rings is 1. The number of methoxy groups -OCH3 is 1. The van der Waals surface area contributed by atoms with Crippen LogP contribution >= 0.6 is 11.3 Å². The summed E-state index contributed by atoms with van der Waals surface area (Å²) in [5.74, 6) is 0.454. The first-order valence-electron chi connectivity index (χ1n) is 5.57. The summed E-state index contributed by atoms with van der Waals surface area (Å²) in [6.07, 6.45) is 1.81. The Hall–Kier alpha value is -2.15. The summed E-state index contributed by atoms with van der Waals surface area (Å²) >= 11 is 1.61. The lowest BCUT2D eigenvalue weighted by Crippen LogP contribution is -2.00. The first kappa shape index (κ1) is 13.3. The summed E-state index contributed by atoms with van der Waals surface area (Å²) < 4.78 is 5.15. The third kappa shape index (κ3) is 3.19. The fourth-order valence-corrected chi connectivity index (χ4v) is 2.34. The Morgan fingerprint density at radius 3 is 2.89 bits per heavy atom. The fourth-order valence-electron chi connectivity index (χ4n) is 1.61. The smallest absolute Gasteiger partial charge is 0.273 e. The van der Waals surface area contributed by atoms with Gasteiger partial charge in [-0.1, -0.05) is 0 Å². The van der Waals surface area contributed by atoms with Gasteiger partial charge >= 0.3 is 0 Å². The topological polar surface area (TPSA) is 77.3 Å². The Bertz CT molecular complexity index is 598. The van der Waals surface area contributed by atoms with Gasteiger partial charge in [-0.15, -0.1) is 11.3 Å². The van der Waals surface area contributed by atoms with Crippen molar-refractivity contribution in [2.45, 2.75) is 13.5 Å². The van der Waals surface area contributed by atoms with Gasteiger partial charge < -0.3 is 10.1 Å². The second-order valence-corrected chi connectivity index (χ2v) is 5.16. The van der Waals surface area contributed by atoms with Crippen molar-refractivity contribution in [2.75, 3.05) is 12.4 Å². The SMILES string of the molecule is COc1cc([N+](=O)[O-])ccc1NCc1cnc(C)s1. The maximum atomic E-state index is 10.7. The largest absolute Gasteiger partial charge is 0.494 e. The van der Waals surface area contributed by atoms with Crippen LogP contribution in [0, 0.1) is 17.0 Å². The lowest BCUT2D eigenvalue weighted by Gasteiger charge is -2.09. The number of hydrogen-bond donors (Lipinski definition) is 1. The third-order valence-corrected chi connectivity index (χ3v) is 3.43. The maximum Gasteiger partial charge on any atom is 0.273 e. The minimum atomic E-state index is -0.446. The average molecular weight is 279 g/mol. The van der Waals surface area contributed by atoms with Crippen molar-refractivity contribution in [2.24, 2.45) is 0 Å². The van der Waals surface area contributed by atoms with Crippen molar-refractivity contribution < 1.29 is 9.66 Å². The van der Waals surface area contributed by atoms with E-state index in [2.05, 4.69) is 10.3 Å². The van der Waals surface area contributed by atoms with Crippen molar-refractivity contribution >= 4 is 22.7 Å². The summed E-state index contributed by atoms with van der Waals surface area (Å²) in [5, 5.41) is 14.9. The maximum absolute atomic E-state index is 10.7. The van der Waals surface area contributed by atoms with Crippen molar-refractivity contribution in [3.63, 3.8) is 0 Å². The molecule has 1 aromatic carbocycles. The number of non-ortho nitro benzene ring substituents is 1. The molecule has 0 saturated heterocycles. The summed E-state index contributed by atoms with van der Waals surface area (Å²) in [7, 11) is 1.49. The van der Waals surface area contributed by atoms with Crippen LogP contribution in [-0.4, -0.2) is 17.0 Å². The molecule has 0 radical (unpaired) electrons. The fraction of sp³-hybridized carbons (Fsp3) is 0.250. The molecule has 2 aromatic rings. The first-order valence-corrected chi connectivity index (χ1v) is 6.39. The highest BCUT2D eigenvalue weighted by molar-refractivity contribution is 7.11. The number of aromatic nitrogens is 1. The van der Waals surface area contributed by atoms with Crippen molar-refractivity contribution in [3.05, 3.63) is 44.4 Å². The van der Waals surface area contributed by atoms with Crippen molar-refractivity contribution in [1.82, 2.24) is 4.98 Å². The Morgan fingerprint density at radius 1 is 1.53 bits per heavy atom. The quantitative estimate of drug-likeness (QED) is 0.672. The van der Waals surface area contributed by atoms with Gasteiger partial charge in [0.05, 0.1) is 35.3 Å². The number of nitro groups is 1. The summed E-state index contributed by atoms with van der Waals surface area (Å²) in [6.45, 7) is 2.56. The molecule has 1 N–H and O–H groups in total. The zero-order valence-electron chi connectivity index (χ0n) is 10.5. The normalized spacial score (nSPS) is 10.2. The van der Waals surface area contributed by atoms with Crippen LogP contribution in [0.4, 0.5) is 11.4 Å². The van der Waals surface area contributed by atoms with E-state index in [-0.39, 0.29) is 5.69 Å². The van der Waals surface area contributed by atoms with Crippen LogP contribution in [0.2, 0.25) is 0 Å². The van der Waals surface area contributed by atoms with E-state index in [9.17, 15) is 10.1 Å². The van der Waals surface area contributed by atoms with Gasteiger partial charge in [-0.2, -0.15) is 0 Å². The lowest BCUT2D eigenvalue weighted by molar-refractivity contribution is -0.384. The van der Waals surface area contributed by atoms with Gasteiger partial charge in [-0.3, -0.25) is 10.1 Å².